The maximum atomic E-state index is 12.1. The fourth-order valence-electron chi connectivity index (χ4n) is 1.82. The molecule has 1 aliphatic rings. The molecule has 1 aromatic rings. The van der Waals surface area contributed by atoms with Crippen molar-refractivity contribution in [2.24, 2.45) is 0 Å². The largest absolute Gasteiger partial charge is 0.394 e. The first-order valence-corrected chi connectivity index (χ1v) is 7.62. The van der Waals surface area contributed by atoms with Crippen LogP contribution in [0.4, 0.5) is 0 Å². The third kappa shape index (κ3) is 2.74. The Morgan fingerprint density at radius 1 is 1.28 bits per heavy atom. The van der Waals surface area contributed by atoms with Crippen molar-refractivity contribution in [2.75, 3.05) is 6.61 Å². The van der Waals surface area contributed by atoms with E-state index in [0.29, 0.717) is 18.8 Å². The lowest BCUT2D eigenvalue weighted by molar-refractivity contribution is 0.246. The molecule has 0 heterocycles. The topological polar surface area (TPSA) is 66.4 Å². The zero-order valence-electron chi connectivity index (χ0n) is 10.7. The Balaban J connectivity index is 2.20. The lowest BCUT2D eigenvalue weighted by Crippen LogP contribution is -2.39. The summed E-state index contributed by atoms with van der Waals surface area (Å²) in [6.45, 7) is 3.98. The van der Waals surface area contributed by atoms with E-state index in [4.69, 9.17) is 5.11 Å². The quantitative estimate of drug-likeness (QED) is 0.853. The van der Waals surface area contributed by atoms with Crippen LogP contribution in [0.2, 0.25) is 0 Å². The summed E-state index contributed by atoms with van der Waals surface area (Å²) in [4.78, 5) is 0.256. The van der Waals surface area contributed by atoms with E-state index in [9.17, 15) is 8.42 Å². The molecule has 2 rings (SSSR count). The van der Waals surface area contributed by atoms with Gasteiger partial charge in [0.25, 0.3) is 0 Å². The Morgan fingerprint density at radius 2 is 1.83 bits per heavy atom. The van der Waals surface area contributed by atoms with E-state index in [-0.39, 0.29) is 11.5 Å². The van der Waals surface area contributed by atoms with Gasteiger partial charge in [0, 0.05) is 0 Å². The Kier molecular flexibility index (Phi) is 3.49. The van der Waals surface area contributed by atoms with E-state index in [1.165, 1.54) is 0 Å². The zero-order chi connectivity index (χ0) is 13.4. The smallest absolute Gasteiger partial charge is 0.241 e. The lowest BCUT2D eigenvalue weighted by Gasteiger charge is -2.15. The normalized spacial score (nSPS) is 18.0. The highest BCUT2D eigenvalue weighted by Crippen LogP contribution is 2.36. The first kappa shape index (κ1) is 13.5. The minimum absolute atomic E-state index is 0.143. The molecular weight excluding hydrogens is 250 g/mol. The molecule has 1 saturated carbocycles. The van der Waals surface area contributed by atoms with Gasteiger partial charge in [-0.3, -0.25) is 0 Å². The number of hydrogen-bond donors (Lipinski definition) is 2. The second kappa shape index (κ2) is 4.64. The van der Waals surface area contributed by atoms with E-state index in [0.717, 1.165) is 5.56 Å². The molecular formula is C13H19NO3S. The van der Waals surface area contributed by atoms with Crippen LogP contribution in [0.5, 0.6) is 0 Å². The Bertz CT molecular complexity index is 516. The SMILES string of the molecule is CC(C)c1ccc(S(=O)(=O)NC2(CO)CC2)cc1. The zero-order valence-corrected chi connectivity index (χ0v) is 11.5. The third-order valence-electron chi connectivity index (χ3n) is 3.36. The first-order valence-electron chi connectivity index (χ1n) is 6.13. The van der Waals surface area contributed by atoms with E-state index in [1.807, 2.05) is 12.1 Å². The van der Waals surface area contributed by atoms with Gasteiger partial charge in [0.1, 0.15) is 0 Å². The van der Waals surface area contributed by atoms with Crippen LogP contribution >= 0.6 is 0 Å². The Morgan fingerprint density at radius 3 is 2.22 bits per heavy atom. The average Bonchev–Trinajstić information content (AvgIpc) is 3.09. The number of benzene rings is 1. The number of nitrogens with one attached hydrogen (secondary N) is 1. The van der Waals surface area contributed by atoms with Gasteiger partial charge in [0.2, 0.25) is 10.0 Å². The predicted molar refractivity (Wildman–Crippen MR) is 69.9 cm³/mol. The molecule has 0 bridgehead atoms. The number of rotatable bonds is 5. The van der Waals surface area contributed by atoms with Gasteiger partial charge < -0.3 is 5.11 Å². The minimum Gasteiger partial charge on any atom is -0.394 e. The summed E-state index contributed by atoms with van der Waals surface area (Å²) < 4.78 is 26.8. The van der Waals surface area contributed by atoms with Crippen LogP contribution in [0, 0.1) is 0 Å². The van der Waals surface area contributed by atoms with Crippen molar-refractivity contribution >= 4 is 10.0 Å². The third-order valence-corrected chi connectivity index (χ3v) is 4.96. The van der Waals surface area contributed by atoms with Crippen LogP contribution < -0.4 is 4.72 Å². The molecule has 0 radical (unpaired) electrons. The van der Waals surface area contributed by atoms with Gasteiger partial charge in [-0.1, -0.05) is 26.0 Å². The highest BCUT2D eigenvalue weighted by atomic mass is 32.2. The van der Waals surface area contributed by atoms with E-state index >= 15 is 0 Å². The summed E-state index contributed by atoms with van der Waals surface area (Å²) in [5.41, 5.74) is 0.493. The van der Waals surface area contributed by atoms with Gasteiger partial charge in [-0.15, -0.1) is 0 Å². The molecule has 2 N–H and O–H groups in total. The molecule has 0 atom stereocenters. The van der Waals surface area contributed by atoms with Crippen LogP contribution in [0.3, 0.4) is 0 Å². The van der Waals surface area contributed by atoms with Gasteiger partial charge in [-0.2, -0.15) is 0 Å². The van der Waals surface area contributed by atoms with Gasteiger partial charge in [-0.25, -0.2) is 13.1 Å². The molecule has 0 aliphatic heterocycles. The molecule has 0 spiro atoms. The molecule has 0 saturated heterocycles. The standard InChI is InChI=1S/C13H19NO3S/c1-10(2)11-3-5-12(6-4-11)18(16,17)14-13(9-15)7-8-13/h3-6,10,14-15H,7-9H2,1-2H3. The van der Waals surface area contributed by atoms with Crippen LogP contribution in [-0.2, 0) is 10.0 Å². The van der Waals surface area contributed by atoms with Crippen LogP contribution in [0.1, 0.15) is 38.2 Å². The molecule has 1 aromatic carbocycles. The van der Waals surface area contributed by atoms with Crippen LogP contribution in [0.25, 0.3) is 0 Å². The summed E-state index contributed by atoms with van der Waals surface area (Å²) in [7, 11) is -3.52. The average molecular weight is 269 g/mol. The summed E-state index contributed by atoms with van der Waals surface area (Å²) >= 11 is 0. The Hall–Kier alpha value is -0.910. The molecule has 0 amide bonds. The Labute approximate surface area is 108 Å². The first-order chi connectivity index (χ1) is 8.38. The predicted octanol–water partition coefficient (Wildman–Crippen LogP) is 1.61. The highest BCUT2D eigenvalue weighted by Gasteiger charge is 2.45. The monoisotopic (exact) mass is 269 g/mol. The fraction of sp³-hybridized carbons (Fsp3) is 0.538. The van der Waals surface area contributed by atoms with Gasteiger partial charge >= 0.3 is 0 Å². The summed E-state index contributed by atoms with van der Waals surface area (Å²) in [5, 5.41) is 9.16. The van der Waals surface area contributed by atoms with Crippen molar-refractivity contribution in [1.29, 1.82) is 0 Å². The van der Waals surface area contributed by atoms with E-state index < -0.39 is 15.6 Å². The van der Waals surface area contributed by atoms with Crippen molar-refractivity contribution in [3.8, 4) is 0 Å². The van der Waals surface area contributed by atoms with Crippen LogP contribution in [0.15, 0.2) is 29.2 Å². The molecule has 1 fully saturated rings. The van der Waals surface area contributed by atoms with Gasteiger partial charge in [-0.05, 0) is 36.5 Å². The second-order valence-corrected chi connectivity index (χ2v) is 6.95. The molecule has 1 aliphatic carbocycles. The fourth-order valence-corrected chi connectivity index (χ4v) is 3.27. The lowest BCUT2D eigenvalue weighted by atomic mass is 10.0. The van der Waals surface area contributed by atoms with E-state index in [2.05, 4.69) is 18.6 Å². The molecule has 5 heteroatoms. The van der Waals surface area contributed by atoms with Crippen LogP contribution in [-0.4, -0.2) is 25.7 Å². The molecule has 18 heavy (non-hydrogen) atoms. The summed E-state index contributed by atoms with van der Waals surface area (Å²) in [5.74, 6) is 0.377. The second-order valence-electron chi connectivity index (χ2n) is 5.27. The maximum Gasteiger partial charge on any atom is 0.241 e. The molecule has 0 unspecified atom stereocenters. The van der Waals surface area contributed by atoms with Gasteiger partial charge in [0.05, 0.1) is 17.0 Å². The van der Waals surface area contributed by atoms with Crippen molar-refractivity contribution < 1.29 is 13.5 Å². The van der Waals surface area contributed by atoms with Crippen molar-refractivity contribution in [2.45, 2.75) is 43.0 Å². The number of sulfonamides is 1. The minimum atomic E-state index is -3.52. The summed E-state index contributed by atoms with van der Waals surface area (Å²) in [6.07, 6.45) is 1.40. The van der Waals surface area contributed by atoms with Gasteiger partial charge in [0.15, 0.2) is 0 Å². The van der Waals surface area contributed by atoms with E-state index in [1.54, 1.807) is 12.1 Å². The van der Waals surface area contributed by atoms with Crippen molar-refractivity contribution in [3.05, 3.63) is 29.8 Å². The summed E-state index contributed by atoms with van der Waals surface area (Å²) in [6, 6.07) is 6.89. The highest BCUT2D eigenvalue weighted by molar-refractivity contribution is 7.89. The molecule has 4 nitrogen and oxygen atoms in total. The number of aliphatic hydroxyl groups excluding tert-OH is 1. The maximum absolute atomic E-state index is 12.1. The molecule has 0 aromatic heterocycles. The number of aliphatic hydroxyl groups is 1. The van der Waals surface area contributed by atoms with Crippen molar-refractivity contribution in [1.82, 2.24) is 4.72 Å². The molecule has 100 valence electrons. The number of hydrogen-bond acceptors (Lipinski definition) is 3. The van der Waals surface area contributed by atoms with Crippen molar-refractivity contribution in [3.63, 3.8) is 0 Å².